The fourth-order valence-corrected chi connectivity index (χ4v) is 1.26. The van der Waals surface area contributed by atoms with Gasteiger partial charge in [0.25, 0.3) is 0 Å². The average Bonchev–Trinajstić information content (AvgIpc) is 2.00. The molecule has 0 saturated carbocycles. The van der Waals surface area contributed by atoms with E-state index in [1.54, 1.807) is 6.92 Å². The summed E-state index contributed by atoms with van der Waals surface area (Å²) in [4.78, 5) is 10.7. The topological polar surface area (TPSA) is 63.3 Å². The van der Waals surface area contributed by atoms with Gasteiger partial charge in [-0.2, -0.15) is 0 Å². The highest BCUT2D eigenvalue weighted by atomic mass is 35.5. The molecule has 80 valence electrons. The second-order valence-corrected chi connectivity index (χ2v) is 3.61. The van der Waals surface area contributed by atoms with Crippen LogP contribution in [0.4, 0.5) is 0 Å². The Balaban J connectivity index is 0. The van der Waals surface area contributed by atoms with Gasteiger partial charge in [-0.3, -0.25) is 4.79 Å². The van der Waals surface area contributed by atoms with Gasteiger partial charge in [0.15, 0.2) is 0 Å². The number of carboxylic acid groups (broad SMARTS) is 1. The molecule has 0 radical (unpaired) electrons. The van der Waals surface area contributed by atoms with E-state index >= 15 is 0 Å². The van der Waals surface area contributed by atoms with Crippen LogP contribution in [0.15, 0.2) is 0 Å². The summed E-state index contributed by atoms with van der Waals surface area (Å²) in [5.74, 6) is -0.481. The molecule has 0 amide bonds. The van der Waals surface area contributed by atoms with Crippen LogP contribution in [0.1, 0.15) is 40.0 Å². The van der Waals surface area contributed by atoms with Crippen molar-refractivity contribution in [2.45, 2.75) is 45.6 Å². The fraction of sp³-hybridized carbons (Fsp3) is 0.889. The first kappa shape index (κ1) is 15.2. The Kier molecular flexibility index (Phi) is 7.27. The number of hydrogen-bond donors (Lipinski definition) is 2. The first-order valence-electron chi connectivity index (χ1n) is 4.46. The SMILES string of the molecule is CCC(CC)CC(C)(N)C(=O)O.Cl. The number of halogens is 1. The maximum Gasteiger partial charge on any atom is 0.323 e. The number of carbonyl (C=O) groups is 1. The van der Waals surface area contributed by atoms with E-state index in [-0.39, 0.29) is 12.4 Å². The minimum Gasteiger partial charge on any atom is -0.480 e. The summed E-state index contributed by atoms with van der Waals surface area (Å²) in [5, 5.41) is 8.76. The highest BCUT2D eigenvalue weighted by Gasteiger charge is 2.29. The highest BCUT2D eigenvalue weighted by Crippen LogP contribution is 2.20. The van der Waals surface area contributed by atoms with Crippen LogP contribution in [0, 0.1) is 5.92 Å². The van der Waals surface area contributed by atoms with Crippen molar-refractivity contribution in [3.05, 3.63) is 0 Å². The van der Waals surface area contributed by atoms with Crippen LogP contribution in [0.5, 0.6) is 0 Å². The highest BCUT2D eigenvalue weighted by molar-refractivity contribution is 5.85. The van der Waals surface area contributed by atoms with Gasteiger partial charge < -0.3 is 10.8 Å². The number of rotatable bonds is 5. The molecule has 0 aromatic carbocycles. The van der Waals surface area contributed by atoms with Gasteiger partial charge in [-0.1, -0.05) is 26.7 Å². The van der Waals surface area contributed by atoms with Gasteiger partial charge in [-0.05, 0) is 19.3 Å². The molecule has 4 heteroatoms. The van der Waals surface area contributed by atoms with Crippen LogP contribution in [0.25, 0.3) is 0 Å². The summed E-state index contributed by atoms with van der Waals surface area (Å²) in [7, 11) is 0. The normalized spacial score (nSPS) is 14.8. The van der Waals surface area contributed by atoms with Crippen LogP contribution in [0.3, 0.4) is 0 Å². The Morgan fingerprint density at radius 2 is 1.85 bits per heavy atom. The predicted molar refractivity (Wildman–Crippen MR) is 56.2 cm³/mol. The van der Waals surface area contributed by atoms with Crippen molar-refractivity contribution in [3.8, 4) is 0 Å². The van der Waals surface area contributed by atoms with Gasteiger partial charge in [0.1, 0.15) is 5.54 Å². The van der Waals surface area contributed by atoms with Gasteiger partial charge in [0, 0.05) is 0 Å². The van der Waals surface area contributed by atoms with Gasteiger partial charge in [0.05, 0.1) is 0 Å². The van der Waals surface area contributed by atoms with E-state index in [1.807, 2.05) is 0 Å². The lowest BCUT2D eigenvalue weighted by Gasteiger charge is -2.24. The minimum atomic E-state index is -1.06. The van der Waals surface area contributed by atoms with E-state index in [4.69, 9.17) is 10.8 Å². The molecular weight excluding hydrogens is 190 g/mol. The second-order valence-electron chi connectivity index (χ2n) is 3.61. The number of carboxylic acids is 1. The van der Waals surface area contributed by atoms with Gasteiger partial charge in [-0.15, -0.1) is 12.4 Å². The third kappa shape index (κ3) is 5.11. The van der Waals surface area contributed by atoms with Crippen molar-refractivity contribution in [1.82, 2.24) is 0 Å². The molecule has 0 spiro atoms. The lowest BCUT2D eigenvalue weighted by Crippen LogP contribution is -2.46. The Bertz CT molecular complexity index is 156. The zero-order valence-electron chi connectivity index (χ0n) is 8.54. The molecule has 0 aromatic heterocycles. The summed E-state index contributed by atoms with van der Waals surface area (Å²) in [6.07, 6.45) is 2.56. The molecule has 1 atom stereocenters. The fourth-order valence-electron chi connectivity index (χ4n) is 1.26. The smallest absolute Gasteiger partial charge is 0.323 e. The third-order valence-electron chi connectivity index (χ3n) is 2.36. The molecule has 1 unspecified atom stereocenters. The molecule has 0 aliphatic heterocycles. The third-order valence-corrected chi connectivity index (χ3v) is 2.36. The van der Waals surface area contributed by atoms with Crippen molar-refractivity contribution < 1.29 is 9.90 Å². The van der Waals surface area contributed by atoms with Gasteiger partial charge in [-0.25, -0.2) is 0 Å². The number of aliphatic carboxylic acids is 1. The van der Waals surface area contributed by atoms with E-state index in [0.717, 1.165) is 12.8 Å². The zero-order chi connectivity index (χ0) is 9.78. The molecule has 0 aliphatic rings. The molecule has 3 nitrogen and oxygen atoms in total. The molecule has 3 N–H and O–H groups in total. The van der Waals surface area contributed by atoms with Crippen molar-refractivity contribution in [3.63, 3.8) is 0 Å². The summed E-state index contributed by atoms with van der Waals surface area (Å²) in [6, 6.07) is 0. The summed E-state index contributed by atoms with van der Waals surface area (Å²) in [5.41, 5.74) is 4.55. The van der Waals surface area contributed by atoms with Crippen molar-refractivity contribution in [1.29, 1.82) is 0 Å². The maximum absolute atomic E-state index is 10.7. The largest absolute Gasteiger partial charge is 0.480 e. The molecule has 0 aromatic rings. The second kappa shape index (κ2) is 6.22. The van der Waals surface area contributed by atoms with Crippen LogP contribution >= 0.6 is 12.4 Å². The van der Waals surface area contributed by atoms with Crippen molar-refractivity contribution in [2.24, 2.45) is 11.7 Å². The van der Waals surface area contributed by atoms with Crippen LogP contribution in [0.2, 0.25) is 0 Å². The average molecular weight is 210 g/mol. The Morgan fingerprint density at radius 1 is 1.46 bits per heavy atom. The Labute approximate surface area is 86.1 Å². The molecule has 13 heavy (non-hydrogen) atoms. The Hall–Kier alpha value is -0.280. The van der Waals surface area contributed by atoms with E-state index in [1.165, 1.54) is 0 Å². The summed E-state index contributed by atoms with van der Waals surface area (Å²) >= 11 is 0. The van der Waals surface area contributed by atoms with E-state index in [2.05, 4.69) is 13.8 Å². The van der Waals surface area contributed by atoms with Crippen molar-refractivity contribution >= 4 is 18.4 Å². The molecule has 0 rings (SSSR count). The van der Waals surface area contributed by atoms with Crippen molar-refractivity contribution in [2.75, 3.05) is 0 Å². The lowest BCUT2D eigenvalue weighted by molar-refractivity contribution is -0.143. The first-order valence-corrected chi connectivity index (χ1v) is 4.46. The molecule has 0 fully saturated rings. The lowest BCUT2D eigenvalue weighted by atomic mass is 9.87. The van der Waals surface area contributed by atoms with E-state index < -0.39 is 11.5 Å². The first-order chi connectivity index (χ1) is 5.44. The number of hydrogen-bond acceptors (Lipinski definition) is 2. The van der Waals surface area contributed by atoms with Crippen LogP contribution in [-0.2, 0) is 4.79 Å². The van der Waals surface area contributed by atoms with Gasteiger partial charge >= 0.3 is 5.97 Å². The van der Waals surface area contributed by atoms with Crippen LogP contribution < -0.4 is 5.73 Å². The summed E-state index contributed by atoms with van der Waals surface area (Å²) in [6.45, 7) is 5.70. The quantitative estimate of drug-likeness (QED) is 0.729. The molecular formula is C9H20ClNO2. The predicted octanol–water partition coefficient (Wildman–Crippen LogP) is 2.04. The van der Waals surface area contributed by atoms with Crippen LogP contribution in [-0.4, -0.2) is 16.6 Å². The number of nitrogens with two attached hydrogens (primary N) is 1. The van der Waals surface area contributed by atoms with Gasteiger partial charge in [0.2, 0.25) is 0 Å². The zero-order valence-corrected chi connectivity index (χ0v) is 9.36. The Morgan fingerprint density at radius 3 is 2.08 bits per heavy atom. The summed E-state index contributed by atoms with van der Waals surface area (Å²) < 4.78 is 0. The van der Waals surface area contributed by atoms with E-state index in [0.29, 0.717) is 12.3 Å². The minimum absolute atomic E-state index is 0. The molecule has 0 heterocycles. The monoisotopic (exact) mass is 209 g/mol. The standard InChI is InChI=1S/C9H19NO2.ClH/c1-4-7(5-2)6-9(3,10)8(11)12;/h7H,4-6,10H2,1-3H3,(H,11,12);1H. The molecule has 0 aliphatic carbocycles. The molecule has 0 saturated heterocycles. The van der Waals surface area contributed by atoms with E-state index in [9.17, 15) is 4.79 Å². The molecule has 0 bridgehead atoms. The maximum atomic E-state index is 10.7.